The number of rotatable bonds is 3. The number of methoxy groups -OCH3 is 1. The molecule has 0 spiro atoms. The van der Waals surface area contributed by atoms with Gasteiger partial charge in [-0.15, -0.1) is 0 Å². The van der Waals surface area contributed by atoms with Gasteiger partial charge in [-0.05, 0) is 46.5 Å². The first-order valence-corrected chi connectivity index (χ1v) is 6.07. The van der Waals surface area contributed by atoms with E-state index in [0.717, 1.165) is 6.42 Å². The van der Waals surface area contributed by atoms with Crippen LogP contribution in [0.3, 0.4) is 0 Å². The fourth-order valence-corrected chi connectivity index (χ4v) is 2.59. The summed E-state index contributed by atoms with van der Waals surface area (Å²) in [4.78, 5) is 11.3. The largest absolute Gasteiger partial charge is 0.494 e. The van der Waals surface area contributed by atoms with E-state index >= 15 is 0 Å². The Kier molecular flexibility index (Phi) is 3.12. The maximum absolute atomic E-state index is 13.6. The predicted molar refractivity (Wildman–Crippen MR) is 63.8 cm³/mol. The van der Waals surface area contributed by atoms with E-state index in [-0.39, 0.29) is 10.2 Å². The molecule has 0 radical (unpaired) electrons. The van der Waals surface area contributed by atoms with Gasteiger partial charge in [-0.3, -0.25) is 4.79 Å². The van der Waals surface area contributed by atoms with Gasteiger partial charge in [-0.1, -0.05) is 6.42 Å². The van der Waals surface area contributed by atoms with Gasteiger partial charge in [-0.25, -0.2) is 4.39 Å². The van der Waals surface area contributed by atoms with Crippen molar-refractivity contribution in [1.82, 2.24) is 0 Å². The fraction of sp³-hybridized carbons (Fsp3) is 0.417. The van der Waals surface area contributed by atoms with Crippen LogP contribution in [-0.2, 0) is 10.2 Å². The molecule has 92 valence electrons. The van der Waals surface area contributed by atoms with E-state index < -0.39 is 17.2 Å². The lowest BCUT2D eigenvalue weighted by molar-refractivity contribution is -0.147. The van der Waals surface area contributed by atoms with Gasteiger partial charge in [0.15, 0.2) is 11.6 Å². The van der Waals surface area contributed by atoms with Crippen LogP contribution in [0, 0.1) is 5.82 Å². The number of ether oxygens (including phenoxy) is 1. The summed E-state index contributed by atoms with van der Waals surface area (Å²) in [5.41, 5.74) is -0.273. The van der Waals surface area contributed by atoms with Gasteiger partial charge < -0.3 is 9.84 Å². The van der Waals surface area contributed by atoms with Crippen molar-refractivity contribution in [2.24, 2.45) is 0 Å². The molecule has 1 fully saturated rings. The lowest BCUT2D eigenvalue weighted by Gasteiger charge is -2.38. The van der Waals surface area contributed by atoms with Crippen molar-refractivity contribution in [2.45, 2.75) is 24.7 Å². The molecule has 0 amide bonds. The Balaban J connectivity index is 2.52. The van der Waals surface area contributed by atoms with Gasteiger partial charge >= 0.3 is 5.97 Å². The van der Waals surface area contributed by atoms with Crippen LogP contribution in [0.2, 0.25) is 0 Å². The molecule has 5 heteroatoms. The second-order valence-electron chi connectivity index (χ2n) is 4.22. The van der Waals surface area contributed by atoms with Crippen LogP contribution in [0.1, 0.15) is 24.8 Å². The average Bonchev–Trinajstić information content (AvgIpc) is 2.20. The summed E-state index contributed by atoms with van der Waals surface area (Å²) in [6, 6.07) is 3.01. The van der Waals surface area contributed by atoms with Crippen LogP contribution in [-0.4, -0.2) is 18.2 Å². The predicted octanol–water partition coefficient (Wildman–Crippen LogP) is 3.10. The van der Waals surface area contributed by atoms with E-state index in [1.165, 1.54) is 19.2 Å². The highest BCUT2D eigenvalue weighted by atomic mass is 79.9. The van der Waals surface area contributed by atoms with Gasteiger partial charge in [0.1, 0.15) is 0 Å². The number of aliphatic carboxylic acids is 1. The standard InChI is InChI=1S/C12H12BrFO3/c1-17-9-6-7(5-8(13)10(9)14)12(11(15)16)3-2-4-12/h5-6H,2-4H2,1H3,(H,15,16). The summed E-state index contributed by atoms with van der Waals surface area (Å²) in [6.45, 7) is 0. The Morgan fingerprint density at radius 3 is 2.59 bits per heavy atom. The number of carboxylic acid groups (broad SMARTS) is 1. The fourth-order valence-electron chi connectivity index (χ4n) is 2.15. The summed E-state index contributed by atoms with van der Waals surface area (Å²) in [5, 5.41) is 9.31. The second-order valence-corrected chi connectivity index (χ2v) is 5.07. The number of carbonyl (C=O) groups is 1. The summed E-state index contributed by atoms with van der Waals surface area (Å²) >= 11 is 3.08. The summed E-state index contributed by atoms with van der Waals surface area (Å²) < 4.78 is 18.7. The molecule has 0 unspecified atom stereocenters. The maximum Gasteiger partial charge on any atom is 0.314 e. The van der Waals surface area contributed by atoms with Gasteiger partial charge in [0.05, 0.1) is 17.0 Å². The minimum Gasteiger partial charge on any atom is -0.494 e. The van der Waals surface area contributed by atoms with Gasteiger partial charge in [0, 0.05) is 0 Å². The van der Waals surface area contributed by atoms with Crippen LogP contribution in [0.4, 0.5) is 4.39 Å². The highest BCUT2D eigenvalue weighted by Crippen LogP contribution is 2.46. The molecular weight excluding hydrogens is 291 g/mol. The van der Waals surface area contributed by atoms with Crippen molar-refractivity contribution in [3.8, 4) is 5.75 Å². The van der Waals surface area contributed by atoms with Gasteiger partial charge in [0.25, 0.3) is 0 Å². The van der Waals surface area contributed by atoms with Crippen LogP contribution in [0.5, 0.6) is 5.75 Å². The van der Waals surface area contributed by atoms with Crippen molar-refractivity contribution in [1.29, 1.82) is 0 Å². The molecule has 0 bridgehead atoms. The Hall–Kier alpha value is -1.10. The number of carboxylic acids is 1. The maximum atomic E-state index is 13.6. The topological polar surface area (TPSA) is 46.5 Å². The normalized spacial score (nSPS) is 17.4. The quantitative estimate of drug-likeness (QED) is 0.933. The molecule has 1 aromatic carbocycles. The number of benzene rings is 1. The molecule has 0 saturated heterocycles. The molecule has 1 N–H and O–H groups in total. The zero-order valence-electron chi connectivity index (χ0n) is 9.30. The second kappa shape index (κ2) is 4.29. The lowest BCUT2D eigenvalue weighted by Crippen LogP contribution is -2.42. The first-order chi connectivity index (χ1) is 8.01. The Morgan fingerprint density at radius 2 is 2.18 bits per heavy atom. The van der Waals surface area contributed by atoms with Crippen LogP contribution < -0.4 is 4.74 Å². The minimum atomic E-state index is -0.872. The zero-order valence-corrected chi connectivity index (χ0v) is 10.9. The molecule has 1 aromatic rings. The van der Waals surface area contributed by atoms with Gasteiger partial charge in [0.2, 0.25) is 0 Å². The summed E-state index contributed by atoms with van der Waals surface area (Å²) in [7, 11) is 1.36. The van der Waals surface area contributed by atoms with Crippen molar-refractivity contribution in [2.75, 3.05) is 7.11 Å². The van der Waals surface area contributed by atoms with Gasteiger partial charge in [-0.2, -0.15) is 0 Å². The Morgan fingerprint density at radius 1 is 1.53 bits per heavy atom. The molecule has 2 rings (SSSR count). The van der Waals surface area contributed by atoms with Crippen molar-refractivity contribution >= 4 is 21.9 Å². The first-order valence-electron chi connectivity index (χ1n) is 5.28. The van der Waals surface area contributed by atoms with Crippen molar-refractivity contribution in [3.05, 3.63) is 28.0 Å². The molecule has 1 aliphatic rings. The monoisotopic (exact) mass is 302 g/mol. The van der Waals surface area contributed by atoms with Crippen molar-refractivity contribution < 1.29 is 19.0 Å². The molecule has 0 aromatic heterocycles. The minimum absolute atomic E-state index is 0.0712. The smallest absolute Gasteiger partial charge is 0.314 e. The number of hydrogen-bond acceptors (Lipinski definition) is 2. The average molecular weight is 303 g/mol. The van der Waals surface area contributed by atoms with Crippen LogP contribution in [0.15, 0.2) is 16.6 Å². The molecule has 1 aliphatic carbocycles. The van der Waals surface area contributed by atoms with E-state index in [0.29, 0.717) is 18.4 Å². The highest BCUT2D eigenvalue weighted by molar-refractivity contribution is 9.10. The molecule has 17 heavy (non-hydrogen) atoms. The molecule has 0 aliphatic heterocycles. The van der Waals surface area contributed by atoms with E-state index in [2.05, 4.69) is 15.9 Å². The highest BCUT2D eigenvalue weighted by Gasteiger charge is 2.46. The van der Waals surface area contributed by atoms with E-state index in [4.69, 9.17) is 4.74 Å². The van der Waals surface area contributed by atoms with E-state index in [1.54, 1.807) is 0 Å². The number of hydrogen-bond donors (Lipinski definition) is 1. The Bertz CT molecular complexity index is 469. The number of halogens is 2. The molecule has 0 heterocycles. The molecule has 0 atom stereocenters. The van der Waals surface area contributed by atoms with Crippen LogP contribution >= 0.6 is 15.9 Å². The molecular formula is C12H12BrFO3. The summed E-state index contributed by atoms with van der Waals surface area (Å²) in [5.74, 6) is -1.29. The third kappa shape index (κ3) is 1.82. The third-order valence-corrected chi connectivity index (χ3v) is 3.96. The lowest BCUT2D eigenvalue weighted by atomic mass is 9.64. The van der Waals surface area contributed by atoms with Crippen LogP contribution in [0.25, 0.3) is 0 Å². The third-order valence-electron chi connectivity index (χ3n) is 3.38. The van der Waals surface area contributed by atoms with E-state index in [1.807, 2.05) is 0 Å². The first kappa shape index (κ1) is 12.4. The van der Waals surface area contributed by atoms with Crippen molar-refractivity contribution in [3.63, 3.8) is 0 Å². The molecule has 3 nitrogen and oxygen atoms in total. The van der Waals surface area contributed by atoms with E-state index in [9.17, 15) is 14.3 Å². The summed E-state index contributed by atoms with van der Waals surface area (Å²) in [6.07, 6.45) is 2.05. The SMILES string of the molecule is COc1cc(C2(C(=O)O)CCC2)cc(Br)c1F. The molecule has 1 saturated carbocycles. The zero-order chi connectivity index (χ0) is 12.6. The Labute approximate surface area is 107 Å².